The molecule has 0 saturated heterocycles. The highest BCUT2D eigenvalue weighted by molar-refractivity contribution is 5.30. The molecule has 0 bridgehead atoms. The molecule has 0 amide bonds. The van der Waals surface area contributed by atoms with Gasteiger partial charge in [-0.25, -0.2) is 4.39 Å². The van der Waals surface area contributed by atoms with Crippen LogP contribution < -0.4 is 10.1 Å². The van der Waals surface area contributed by atoms with Crippen LogP contribution in [0.3, 0.4) is 0 Å². The summed E-state index contributed by atoms with van der Waals surface area (Å²) in [5.41, 5.74) is 0.227. The lowest BCUT2D eigenvalue weighted by atomic mass is 10.1. The Labute approximate surface area is 108 Å². The largest absolute Gasteiger partial charge is 0.497 e. The third-order valence-corrected chi connectivity index (χ3v) is 2.48. The standard InChI is InChI=1S/C12H15F4NO2/c1-17-11(6-19-7-12(14,15)16)9-4-3-8(18-2)5-10(9)13/h3-5,11,17H,6-7H2,1-2H3. The van der Waals surface area contributed by atoms with Crippen molar-refractivity contribution in [2.75, 3.05) is 27.4 Å². The first-order valence-electron chi connectivity index (χ1n) is 5.52. The van der Waals surface area contributed by atoms with E-state index in [0.29, 0.717) is 5.75 Å². The van der Waals surface area contributed by atoms with Crippen LogP contribution in [0.5, 0.6) is 5.75 Å². The Kier molecular flexibility index (Phi) is 5.56. The number of nitrogens with one attached hydrogen (secondary N) is 1. The van der Waals surface area contributed by atoms with Gasteiger partial charge >= 0.3 is 6.18 Å². The minimum atomic E-state index is -4.39. The molecule has 0 saturated carbocycles. The Balaban J connectivity index is 2.69. The first-order valence-corrected chi connectivity index (χ1v) is 5.52. The molecule has 1 unspecified atom stereocenters. The summed E-state index contributed by atoms with van der Waals surface area (Å²) in [4.78, 5) is 0. The van der Waals surface area contributed by atoms with Gasteiger partial charge in [-0.05, 0) is 13.1 Å². The topological polar surface area (TPSA) is 30.5 Å². The quantitative estimate of drug-likeness (QED) is 0.813. The number of hydrogen-bond donors (Lipinski definition) is 1. The normalized spacial score (nSPS) is 13.4. The summed E-state index contributed by atoms with van der Waals surface area (Å²) in [6.45, 7) is -1.64. The maximum Gasteiger partial charge on any atom is 0.411 e. The van der Waals surface area contributed by atoms with Crippen molar-refractivity contribution in [3.8, 4) is 5.75 Å². The van der Waals surface area contributed by atoms with Crippen LogP contribution in [0.25, 0.3) is 0 Å². The third-order valence-electron chi connectivity index (χ3n) is 2.48. The summed E-state index contributed by atoms with van der Waals surface area (Å²) in [6.07, 6.45) is -4.39. The van der Waals surface area contributed by atoms with Crippen LogP contribution in [0, 0.1) is 5.82 Å². The van der Waals surface area contributed by atoms with Crippen molar-refractivity contribution in [2.24, 2.45) is 0 Å². The van der Waals surface area contributed by atoms with Crippen LogP contribution in [0.2, 0.25) is 0 Å². The summed E-state index contributed by atoms with van der Waals surface area (Å²) >= 11 is 0. The van der Waals surface area contributed by atoms with Crippen molar-refractivity contribution in [1.29, 1.82) is 0 Å². The zero-order valence-electron chi connectivity index (χ0n) is 10.6. The van der Waals surface area contributed by atoms with E-state index in [9.17, 15) is 17.6 Å². The van der Waals surface area contributed by atoms with Crippen molar-refractivity contribution in [2.45, 2.75) is 12.2 Å². The monoisotopic (exact) mass is 281 g/mol. The van der Waals surface area contributed by atoms with Gasteiger partial charge < -0.3 is 14.8 Å². The highest BCUT2D eigenvalue weighted by Gasteiger charge is 2.28. The highest BCUT2D eigenvalue weighted by Crippen LogP contribution is 2.23. The van der Waals surface area contributed by atoms with Crippen LogP contribution in [-0.4, -0.2) is 33.5 Å². The van der Waals surface area contributed by atoms with Crippen molar-refractivity contribution >= 4 is 0 Å². The van der Waals surface area contributed by atoms with Gasteiger partial charge in [0.15, 0.2) is 0 Å². The van der Waals surface area contributed by atoms with E-state index in [0.717, 1.165) is 0 Å². The third kappa shape index (κ3) is 5.04. The van der Waals surface area contributed by atoms with Gasteiger partial charge in [-0.3, -0.25) is 0 Å². The number of benzene rings is 1. The van der Waals surface area contributed by atoms with Gasteiger partial charge in [-0.2, -0.15) is 13.2 Å². The molecule has 0 aromatic heterocycles. The van der Waals surface area contributed by atoms with E-state index in [-0.39, 0.29) is 12.2 Å². The molecule has 1 aromatic rings. The van der Waals surface area contributed by atoms with Crippen molar-refractivity contribution in [3.05, 3.63) is 29.6 Å². The van der Waals surface area contributed by atoms with Gasteiger partial charge in [0, 0.05) is 11.6 Å². The molecule has 0 aliphatic heterocycles. The predicted octanol–water partition coefficient (Wildman–Crippen LogP) is 2.67. The van der Waals surface area contributed by atoms with Crippen LogP contribution in [0.15, 0.2) is 18.2 Å². The van der Waals surface area contributed by atoms with Gasteiger partial charge in [-0.15, -0.1) is 0 Å². The Morgan fingerprint density at radius 2 is 2.00 bits per heavy atom. The Morgan fingerprint density at radius 3 is 2.47 bits per heavy atom. The van der Waals surface area contributed by atoms with Gasteiger partial charge in [0.2, 0.25) is 0 Å². The lowest BCUT2D eigenvalue weighted by Gasteiger charge is -2.18. The molecule has 1 atom stereocenters. The Morgan fingerprint density at radius 1 is 1.32 bits per heavy atom. The molecule has 1 rings (SSSR count). The maximum atomic E-state index is 13.7. The van der Waals surface area contributed by atoms with Crippen LogP contribution in [-0.2, 0) is 4.74 Å². The van der Waals surface area contributed by atoms with Gasteiger partial charge in [0.1, 0.15) is 18.2 Å². The molecular formula is C12H15F4NO2. The molecule has 0 aliphatic carbocycles. The number of ether oxygens (including phenoxy) is 2. The smallest absolute Gasteiger partial charge is 0.411 e. The molecule has 0 spiro atoms. The second-order valence-electron chi connectivity index (χ2n) is 3.86. The minimum Gasteiger partial charge on any atom is -0.497 e. The predicted molar refractivity (Wildman–Crippen MR) is 61.6 cm³/mol. The second kappa shape index (κ2) is 6.72. The number of alkyl halides is 3. The Hall–Kier alpha value is -1.34. The molecule has 0 fully saturated rings. The van der Waals surface area contributed by atoms with E-state index in [1.54, 1.807) is 0 Å². The average molecular weight is 281 g/mol. The van der Waals surface area contributed by atoms with Crippen molar-refractivity contribution in [1.82, 2.24) is 5.32 Å². The molecule has 0 aliphatic rings. The number of methoxy groups -OCH3 is 1. The number of hydrogen-bond acceptors (Lipinski definition) is 3. The lowest BCUT2D eigenvalue weighted by Crippen LogP contribution is -2.26. The summed E-state index contributed by atoms with van der Waals surface area (Å²) in [5, 5.41) is 2.71. The SMILES string of the molecule is CNC(COCC(F)(F)F)c1ccc(OC)cc1F. The summed E-state index contributed by atoms with van der Waals surface area (Å²) < 4.78 is 59.0. The summed E-state index contributed by atoms with van der Waals surface area (Å²) in [5.74, 6) is -0.221. The Bertz CT molecular complexity index is 409. The van der Waals surface area contributed by atoms with Crippen LogP contribution >= 0.6 is 0 Å². The van der Waals surface area contributed by atoms with Crippen molar-refractivity contribution < 1.29 is 27.0 Å². The van der Waals surface area contributed by atoms with Gasteiger partial charge in [0.05, 0.1) is 19.8 Å². The molecule has 108 valence electrons. The molecule has 1 aromatic carbocycles. The average Bonchev–Trinajstić information content (AvgIpc) is 2.34. The molecule has 7 heteroatoms. The first kappa shape index (κ1) is 15.7. The fourth-order valence-electron chi connectivity index (χ4n) is 1.54. The van der Waals surface area contributed by atoms with E-state index >= 15 is 0 Å². The fraction of sp³-hybridized carbons (Fsp3) is 0.500. The molecular weight excluding hydrogens is 266 g/mol. The lowest BCUT2D eigenvalue weighted by molar-refractivity contribution is -0.175. The maximum absolute atomic E-state index is 13.7. The highest BCUT2D eigenvalue weighted by atomic mass is 19.4. The molecule has 1 N–H and O–H groups in total. The van der Waals surface area contributed by atoms with E-state index in [1.165, 1.54) is 32.4 Å². The minimum absolute atomic E-state index is 0.227. The number of rotatable bonds is 6. The fourth-order valence-corrected chi connectivity index (χ4v) is 1.54. The first-order chi connectivity index (χ1) is 8.87. The van der Waals surface area contributed by atoms with E-state index in [4.69, 9.17) is 4.74 Å². The summed E-state index contributed by atoms with van der Waals surface area (Å²) in [6, 6.07) is 3.50. The van der Waals surface area contributed by atoms with Gasteiger partial charge in [-0.1, -0.05) is 6.07 Å². The molecule has 0 radical (unpaired) electrons. The molecule has 3 nitrogen and oxygen atoms in total. The van der Waals surface area contributed by atoms with Crippen LogP contribution in [0.1, 0.15) is 11.6 Å². The van der Waals surface area contributed by atoms with Crippen molar-refractivity contribution in [3.63, 3.8) is 0 Å². The van der Waals surface area contributed by atoms with Gasteiger partial charge in [0.25, 0.3) is 0 Å². The zero-order chi connectivity index (χ0) is 14.5. The molecule has 19 heavy (non-hydrogen) atoms. The number of halogens is 4. The zero-order valence-corrected chi connectivity index (χ0v) is 10.6. The summed E-state index contributed by atoms with van der Waals surface area (Å²) in [7, 11) is 2.92. The van der Waals surface area contributed by atoms with E-state index < -0.39 is 24.6 Å². The van der Waals surface area contributed by atoms with Crippen LogP contribution in [0.4, 0.5) is 17.6 Å². The second-order valence-corrected chi connectivity index (χ2v) is 3.86. The van der Waals surface area contributed by atoms with E-state index in [1.807, 2.05) is 0 Å². The number of likely N-dealkylation sites (N-methyl/N-ethyl adjacent to an activating group) is 1. The molecule has 0 heterocycles. The van der Waals surface area contributed by atoms with E-state index in [2.05, 4.69) is 10.1 Å².